The second-order valence-corrected chi connectivity index (χ2v) is 8.35. The lowest BCUT2D eigenvalue weighted by molar-refractivity contribution is -0.137. The molecule has 7 nitrogen and oxygen atoms in total. The number of pyridine rings is 1. The maximum atomic E-state index is 15.5. The van der Waals surface area contributed by atoms with E-state index in [0.717, 1.165) is 16.5 Å². The zero-order valence-corrected chi connectivity index (χ0v) is 17.7. The molecule has 1 saturated heterocycles. The summed E-state index contributed by atoms with van der Waals surface area (Å²) in [6, 6.07) is 9.69. The number of amides is 1. The molecular formula is C23H26FN5O2. The molecule has 2 aromatic heterocycles. The first-order valence-corrected chi connectivity index (χ1v) is 10.7. The van der Waals surface area contributed by atoms with E-state index in [9.17, 15) is 4.79 Å². The second-order valence-electron chi connectivity index (χ2n) is 8.35. The number of hydrogen-bond donors (Lipinski definition) is 2. The Labute approximate surface area is 180 Å². The largest absolute Gasteiger partial charge is 0.363 e. The number of piperidine rings is 1. The van der Waals surface area contributed by atoms with Crippen LogP contribution in [0.4, 0.5) is 10.2 Å². The summed E-state index contributed by atoms with van der Waals surface area (Å²) in [5, 5.41) is 11.8. The van der Waals surface area contributed by atoms with Crippen molar-refractivity contribution in [2.45, 2.75) is 44.0 Å². The van der Waals surface area contributed by atoms with Gasteiger partial charge in [-0.1, -0.05) is 25.1 Å². The SMILES string of the molecule is CC[C@]1(OC)C(=O)Nc2nccc(-c3nn(CC4(F)CCNCC4)c4ccccc34)c21. The van der Waals surface area contributed by atoms with E-state index in [4.69, 9.17) is 9.84 Å². The molecule has 1 fully saturated rings. The van der Waals surface area contributed by atoms with E-state index in [1.54, 1.807) is 10.9 Å². The van der Waals surface area contributed by atoms with Crippen molar-refractivity contribution in [2.24, 2.45) is 0 Å². The molecule has 5 rings (SSSR count). The summed E-state index contributed by atoms with van der Waals surface area (Å²) >= 11 is 0. The summed E-state index contributed by atoms with van der Waals surface area (Å²) in [4.78, 5) is 17.2. The normalized spacial score (nSPS) is 22.5. The number of anilines is 1. The monoisotopic (exact) mass is 423 g/mol. The molecule has 0 aliphatic carbocycles. The van der Waals surface area contributed by atoms with Crippen LogP contribution in [-0.4, -0.2) is 46.5 Å². The molecule has 2 aliphatic heterocycles. The van der Waals surface area contributed by atoms with Gasteiger partial charge in [0, 0.05) is 29.8 Å². The van der Waals surface area contributed by atoms with Crippen LogP contribution in [0.1, 0.15) is 31.7 Å². The fourth-order valence-corrected chi connectivity index (χ4v) is 4.91. The lowest BCUT2D eigenvalue weighted by Crippen LogP contribution is -2.41. The van der Waals surface area contributed by atoms with E-state index in [0.29, 0.717) is 49.4 Å². The molecule has 0 saturated carbocycles. The molecule has 4 heterocycles. The van der Waals surface area contributed by atoms with Crippen LogP contribution in [0, 0.1) is 0 Å². The highest BCUT2D eigenvalue weighted by Crippen LogP contribution is 2.46. The molecule has 0 unspecified atom stereocenters. The average molecular weight is 423 g/mol. The lowest BCUT2D eigenvalue weighted by atomic mass is 9.88. The number of alkyl halides is 1. The minimum Gasteiger partial charge on any atom is -0.363 e. The highest BCUT2D eigenvalue weighted by molar-refractivity contribution is 6.07. The molecule has 2 aliphatic rings. The molecule has 1 aromatic carbocycles. The van der Waals surface area contributed by atoms with Crippen molar-refractivity contribution in [3.8, 4) is 11.3 Å². The van der Waals surface area contributed by atoms with Gasteiger partial charge in [-0.05, 0) is 44.5 Å². The van der Waals surface area contributed by atoms with Crippen molar-refractivity contribution in [3.05, 3.63) is 42.1 Å². The molecule has 162 valence electrons. The summed E-state index contributed by atoms with van der Waals surface area (Å²) < 4.78 is 23.0. The average Bonchev–Trinajstić information content (AvgIpc) is 3.28. The standard InChI is InChI=1S/C23H26FN5O2/c1-3-23(31-2)18-16(8-11-26-20(18)27-21(23)30)19-15-6-4-5-7-17(15)29(28-19)14-22(24)9-12-25-13-10-22/h4-8,11,25H,3,9-10,12-14H2,1-2H3,(H,26,27,30)/t23-/m1/s1. The Hall–Kier alpha value is -2.84. The zero-order chi connectivity index (χ0) is 21.6. The number of ether oxygens (including phenoxy) is 1. The fourth-order valence-electron chi connectivity index (χ4n) is 4.91. The van der Waals surface area contributed by atoms with E-state index >= 15 is 4.39 Å². The van der Waals surface area contributed by atoms with Crippen molar-refractivity contribution in [2.75, 3.05) is 25.5 Å². The van der Waals surface area contributed by atoms with E-state index in [1.807, 2.05) is 37.3 Å². The summed E-state index contributed by atoms with van der Waals surface area (Å²) in [6.45, 7) is 3.45. The summed E-state index contributed by atoms with van der Waals surface area (Å²) in [5.74, 6) is 0.263. The van der Waals surface area contributed by atoms with Gasteiger partial charge in [0.1, 0.15) is 17.2 Å². The first-order chi connectivity index (χ1) is 15.0. The Morgan fingerprint density at radius 2 is 2.00 bits per heavy atom. The van der Waals surface area contributed by atoms with Gasteiger partial charge in [0.05, 0.1) is 12.1 Å². The molecule has 2 N–H and O–H groups in total. The molecule has 8 heteroatoms. The number of nitrogens with one attached hydrogen (secondary N) is 2. The molecule has 0 spiro atoms. The van der Waals surface area contributed by atoms with Gasteiger partial charge < -0.3 is 15.4 Å². The number of methoxy groups -OCH3 is 1. The first-order valence-electron chi connectivity index (χ1n) is 10.7. The zero-order valence-electron chi connectivity index (χ0n) is 17.7. The summed E-state index contributed by atoms with van der Waals surface area (Å²) in [6.07, 6.45) is 3.04. The highest BCUT2D eigenvalue weighted by Gasteiger charge is 2.49. The van der Waals surface area contributed by atoms with Gasteiger partial charge in [0.2, 0.25) is 0 Å². The van der Waals surface area contributed by atoms with E-state index in [1.165, 1.54) is 7.11 Å². The molecule has 1 atom stereocenters. The Morgan fingerprint density at radius 1 is 1.23 bits per heavy atom. The van der Waals surface area contributed by atoms with Crippen molar-refractivity contribution >= 4 is 22.6 Å². The van der Waals surface area contributed by atoms with Crippen molar-refractivity contribution < 1.29 is 13.9 Å². The van der Waals surface area contributed by atoms with Gasteiger partial charge in [-0.3, -0.25) is 9.48 Å². The minimum absolute atomic E-state index is 0.197. The Bertz CT molecular complexity index is 1150. The fraction of sp³-hybridized carbons (Fsp3) is 0.435. The van der Waals surface area contributed by atoms with Crippen LogP contribution >= 0.6 is 0 Å². The van der Waals surface area contributed by atoms with Crippen LogP contribution in [0.2, 0.25) is 0 Å². The third kappa shape index (κ3) is 3.04. The molecule has 3 aromatic rings. The third-order valence-electron chi connectivity index (χ3n) is 6.65. The topological polar surface area (TPSA) is 81.1 Å². The number of carbonyl (C=O) groups is 1. The number of para-hydroxylation sites is 1. The Morgan fingerprint density at radius 3 is 2.74 bits per heavy atom. The van der Waals surface area contributed by atoms with E-state index in [-0.39, 0.29) is 12.5 Å². The van der Waals surface area contributed by atoms with Gasteiger partial charge in [-0.15, -0.1) is 0 Å². The number of aromatic nitrogens is 3. The highest BCUT2D eigenvalue weighted by atomic mass is 19.1. The van der Waals surface area contributed by atoms with Gasteiger partial charge in [-0.25, -0.2) is 9.37 Å². The minimum atomic E-state index is -1.30. The molecule has 0 radical (unpaired) electrons. The van der Waals surface area contributed by atoms with Crippen LogP contribution in [0.15, 0.2) is 36.5 Å². The number of carbonyl (C=O) groups excluding carboxylic acids is 1. The van der Waals surface area contributed by atoms with Gasteiger partial charge in [0.15, 0.2) is 5.60 Å². The van der Waals surface area contributed by atoms with Crippen LogP contribution in [0.3, 0.4) is 0 Å². The van der Waals surface area contributed by atoms with E-state index in [2.05, 4.69) is 15.6 Å². The number of fused-ring (bicyclic) bond motifs is 2. The number of halogens is 1. The number of benzene rings is 1. The number of hydrogen-bond acceptors (Lipinski definition) is 5. The van der Waals surface area contributed by atoms with Gasteiger partial charge in [-0.2, -0.15) is 5.10 Å². The van der Waals surface area contributed by atoms with E-state index < -0.39 is 11.3 Å². The van der Waals surface area contributed by atoms with Crippen LogP contribution in [0.25, 0.3) is 22.2 Å². The quantitative estimate of drug-likeness (QED) is 0.658. The van der Waals surface area contributed by atoms with Crippen molar-refractivity contribution in [1.29, 1.82) is 0 Å². The Kier molecular flexibility index (Phi) is 4.79. The maximum absolute atomic E-state index is 15.5. The molecule has 0 bridgehead atoms. The summed E-state index contributed by atoms with van der Waals surface area (Å²) in [5.41, 5.74) is 0.626. The predicted molar refractivity (Wildman–Crippen MR) is 117 cm³/mol. The number of nitrogens with zero attached hydrogens (tertiary/aromatic N) is 3. The molecule has 1 amide bonds. The van der Waals surface area contributed by atoms with Crippen LogP contribution < -0.4 is 10.6 Å². The van der Waals surface area contributed by atoms with Crippen molar-refractivity contribution in [1.82, 2.24) is 20.1 Å². The third-order valence-corrected chi connectivity index (χ3v) is 6.65. The smallest absolute Gasteiger partial charge is 0.262 e. The predicted octanol–water partition coefficient (Wildman–Crippen LogP) is 3.39. The van der Waals surface area contributed by atoms with Gasteiger partial charge >= 0.3 is 0 Å². The second kappa shape index (κ2) is 7.39. The lowest BCUT2D eigenvalue weighted by Gasteiger charge is -2.30. The molecule has 31 heavy (non-hydrogen) atoms. The maximum Gasteiger partial charge on any atom is 0.262 e. The number of rotatable bonds is 5. The Balaban J connectivity index is 1.68. The molecular weight excluding hydrogens is 397 g/mol. The first kappa shape index (κ1) is 20.1. The van der Waals surface area contributed by atoms with Gasteiger partial charge in [0.25, 0.3) is 5.91 Å². The van der Waals surface area contributed by atoms with Crippen molar-refractivity contribution in [3.63, 3.8) is 0 Å². The van der Waals surface area contributed by atoms with Crippen LogP contribution in [0.5, 0.6) is 0 Å². The van der Waals surface area contributed by atoms with Crippen LogP contribution in [-0.2, 0) is 21.7 Å². The summed E-state index contributed by atoms with van der Waals surface area (Å²) in [7, 11) is 1.54.